The molecular formula is C56H75N15O3. The lowest BCUT2D eigenvalue weighted by molar-refractivity contribution is -0.126. The average Bonchev–Trinajstić information content (AvgIpc) is 4.14. The van der Waals surface area contributed by atoms with Crippen molar-refractivity contribution in [1.29, 1.82) is 0 Å². The van der Waals surface area contributed by atoms with Crippen molar-refractivity contribution in [3.8, 4) is 12.0 Å². The Kier molecular flexibility index (Phi) is 15.4. The molecule has 4 fully saturated rings. The number of nitrogens with zero attached hydrogens (tertiary/aromatic N) is 13. The van der Waals surface area contributed by atoms with Crippen molar-refractivity contribution in [2.75, 3.05) is 124 Å². The van der Waals surface area contributed by atoms with E-state index in [1.54, 1.807) is 0 Å². The number of hydrogen-bond donors (Lipinski definition) is 2. The molecule has 12 rings (SSSR count). The molecule has 392 valence electrons. The first-order chi connectivity index (χ1) is 36.4. The summed E-state index contributed by atoms with van der Waals surface area (Å²) in [6.07, 6.45) is 18.6. The molecule has 0 bridgehead atoms. The van der Waals surface area contributed by atoms with E-state index in [9.17, 15) is 4.79 Å². The number of ether oxygens (including phenoxy) is 2. The molecule has 0 spiro atoms. The smallest absolute Gasteiger partial charge is 0.318 e. The quantitative estimate of drug-likeness (QED) is 0.114. The molecule has 0 atom stereocenters. The number of hydrogen-bond acceptors (Lipinski definition) is 15. The number of anilines is 4. The second-order valence-electron chi connectivity index (χ2n) is 21.0. The third-order valence-electron chi connectivity index (χ3n) is 16.2. The van der Waals surface area contributed by atoms with Crippen molar-refractivity contribution >= 4 is 50.7 Å². The maximum absolute atomic E-state index is 12.1. The van der Waals surface area contributed by atoms with E-state index in [0.29, 0.717) is 44.9 Å². The molecule has 6 aromatic rings. The maximum atomic E-state index is 12.1. The molecule has 18 heteroatoms. The van der Waals surface area contributed by atoms with E-state index < -0.39 is 0 Å². The van der Waals surface area contributed by atoms with E-state index in [-0.39, 0.29) is 5.91 Å². The number of carbonyl (C=O) groups is 1. The first-order valence-electron chi connectivity index (χ1n) is 27.6. The van der Waals surface area contributed by atoms with Gasteiger partial charge in [0, 0.05) is 87.3 Å². The minimum Gasteiger partial charge on any atom is -0.462 e. The topological polar surface area (TPSA) is 167 Å². The molecule has 6 aliphatic heterocycles. The first-order valence-corrected chi connectivity index (χ1v) is 27.6. The number of aryl methyl sites for hydroxylation is 2. The van der Waals surface area contributed by atoms with Crippen LogP contribution in [-0.2, 0) is 30.7 Å². The van der Waals surface area contributed by atoms with Crippen LogP contribution in [0.3, 0.4) is 0 Å². The van der Waals surface area contributed by atoms with Gasteiger partial charge >= 0.3 is 12.0 Å². The van der Waals surface area contributed by atoms with Crippen LogP contribution in [-0.4, -0.2) is 166 Å². The predicted molar refractivity (Wildman–Crippen MR) is 292 cm³/mol. The summed E-state index contributed by atoms with van der Waals surface area (Å²) < 4.78 is 12.4. The Morgan fingerprint density at radius 2 is 1.00 bits per heavy atom. The molecule has 6 aliphatic rings. The number of amides is 1. The standard InChI is InChI=1S/C29H38N8O2.C27H37N7O/c1-3-26(38)35-13-15-36(16-14-35)28-22-9-12-37(27-21(2)7-8-24-23(27)19-30-33-24)20-25(22)31-29(32-28)39-18-17-34-10-5-4-6-11-34;1-20-8-9-23-22(18-28-31-23)25(20)34-15-10-21-24(19-34)29-27(30-26(21)33-13-6-3-7-14-33)35-17-16-32-11-4-2-5-12-32/h3,7-8,19H,1,4-6,9-18,20H2,2H3,(H,30,33);8-9,18H,2-7,10-17,19H2,1H3,(H,28,31). The van der Waals surface area contributed by atoms with E-state index in [4.69, 9.17) is 29.4 Å². The zero-order valence-electron chi connectivity index (χ0n) is 43.8. The van der Waals surface area contributed by atoms with Crippen LogP contribution < -0.4 is 29.1 Å². The number of piperazine rings is 1. The van der Waals surface area contributed by atoms with Crippen molar-refractivity contribution in [1.82, 2.24) is 55.0 Å². The van der Waals surface area contributed by atoms with Crippen LogP contribution in [0.1, 0.15) is 91.4 Å². The Morgan fingerprint density at radius 1 is 0.554 bits per heavy atom. The molecule has 0 radical (unpaired) electrons. The number of H-pyrrole nitrogens is 2. The molecule has 10 heterocycles. The molecule has 0 saturated carbocycles. The van der Waals surface area contributed by atoms with E-state index in [0.717, 1.165) is 124 Å². The van der Waals surface area contributed by atoms with Gasteiger partial charge in [-0.2, -0.15) is 30.1 Å². The second kappa shape index (κ2) is 22.9. The van der Waals surface area contributed by atoms with Gasteiger partial charge in [-0.25, -0.2) is 0 Å². The first kappa shape index (κ1) is 49.7. The third-order valence-corrected chi connectivity index (χ3v) is 16.2. The zero-order chi connectivity index (χ0) is 50.4. The molecule has 1 amide bonds. The molecule has 4 aromatic heterocycles. The van der Waals surface area contributed by atoms with Crippen LogP contribution in [0.4, 0.5) is 23.0 Å². The Morgan fingerprint density at radius 3 is 1.46 bits per heavy atom. The predicted octanol–water partition coefficient (Wildman–Crippen LogP) is 7.00. The van der Waals surface area contributed by atoms with Gasteiger partial charge in [-0.05, 0) is 127 Å². The van der Waals surface area contributed by atoms with Crippen molar-refractivity contribution < 1.29 is 14.3 Å². The minimum atomic E-state index is -0.0134. The summed E-state index contributed by atoms with van der Waals surface area (Å²) in [5, 5.41) is 17.1. The zero-order valence-corrected chi connectivity index (χ0v) is 43.8. The second-order valence-corrected chi connectivity index (χ2v) is 21.0. The Bertz CT molecular complexity index is 2890. The largest absolute Gasteiger partial charge is 0.462 e. The Balaban J connectivity index is 0.000000160. The molecule has 0 unspecified atom stereocenters. The SMILES string of the molecule is C=CC(=O)N1CCN(c2nc(OCCN3CCCCC3)nc3c2CCN(c2c(C)ccc4[nH]ncc24)C3)CC1.Cc1ccc2[nH]ncc2c1N1CCc2c(nc(OCCN3CCCCC3)nc2N2CCCCC2)C1. The van der Waals surface area contributed by atoms with Crippen molar-refractivity contribution in [2.24, 2.45) is 0 Å². The number of aromatic nitrogens is 8. The summed E-state index contributed by atoms with van der Waals surface area (Å²) in [6.45, 7) is 23.9. The van der Waals surface area contributed by atoms with Crippen LogP contribution in [0, 0.1) is 13.8 Å². The van der Waals surface area contributed by atoms with E-state index >= 15 is 0 Å². The van der Waals surface area contributed by atoms with E-state index in [2.05, 4.69) is 94.5 Å². The molecule has 18 nitrogen and oxygen atoms in total. The van der Waals surface area contributed by atoms with Crippen LogP contribution in [0.15, 0.2) is 49.3 Å². The molecular weight excluding hydrogens is 931 g/mol. The van der Waals surface area contributed by atoms with Gasteiger partial charge in [0.2, 0.25) is 5.91 Å². The lowest BCUT2D eigenvalue weighted by Gasteiger charge is -2.38. The van der Waals surface area contributed by atoms with Crippen molar-refractivity contribution in [3.05, 3.63) is 83.0 Å². The summed E-state index contributed by atoms with van der Waals surface area (Å²) in [5.41, 5.74) is 11.7. The van der Waals surface area contributed by atoms with Crippen LogP contribution >= 0.6 is 0 Å². The number of rotatable bonds is 13. The number of benzene rings is 2. The van der Waals surface area contributed by atoms with Gasteiger partial charge in [0.15, 0.2) is 0 Å². The van der Waals surface area contributed by atoms with E-state index in [1.165, 1.54) is 116 Å². The fourth-order valence-electron chi connectivity index (χ4n) is 12.1. The molecule has 0 aliphatic carbocycles. The highest BCUT2D eigenvalue weighted by atomic mass is 16.5. The number of piperidine rings is 3. The minimum absolute atomic E-state index is 0.0134. The van der Waals surface area contributed by atoms with Crippen LogP contribution in [0.2, 0.25) is 0 Å². The lowest BCUT2D eigenvalue weighted by Crippen LogP contribution is -2.49. The Labute approximate surface area is 435 Å². The van der Waals surface area contributed by atoms with Gasteiger partial charge in [-0.1, -0.05) is 31.6 Å². The van der Waals surface area contributed by atoms with Gasteiger partial charge in [-0.3, -0.25) is 24.8 Å². The molecule has 4 saturated heterocycles. The van der Waals surface area contributed by atoms with Gasteiger partial charge in [-0.15, -0.1) is 0 Å². The van der Waals surface area contributed by atoms with Gasteiger partial charge < -0.3 is 34.0 Å². The molecule has 2 N–H and O–H groups in total. The maximum Gasteiger partial charge on any atom is 0.318 e. The average molecular weight is 1010 g/mol. The van der Waals surface area contributed by atoms with E-state index in [1.807, 2.05) is 17.3 Å². The summed E-state index contributed by atoms with van der Waals surface area (Å²) in [5.74, 6) is 2.05. The third kappa shape index (κ3) is 11.0. The highest BCUT2D eigenvalue weighted by Crippen LogP contribution is 2.38. The van der Waals surface area contributed by atoms with Gasteiger partial charge in [0.1, 0.15) is 24.8 Å². The Hall–Kier alpha value is -6.53. The molecule has 2 aromatic carbocycles. The number of aromatic amines is 2. The highest BCUT2D eigenvalue weighted by Gasteiger charge is 2.31. The van der Waals surface area contributed by atoms with Crippen molar-refractivity contribution in [3.63, 3.8) is 0 Å². The number of fused-ring (bicyclic) bond motifs is 4. The summed E-state index contributed by atoms with van der Waals surface area (Å²) in [6, 6.07) is 9.52. The molecule has 74 heavy (non-hydrogen) atoms. The summed E-state index contributed by atoms with van der Waals surface area (Å²) >= 11 is 0. The van der Waals surface area contributed by atoms with Gasteiger partial charge in [0.05, 0.1) is 59.3 Å². The number of carbonyl (C=O) groups excluding carboxylic acids is 1. The highest BCUT2D eigenvalue weighted by molar-refractivity contribution is 5.94. The normalized spacial score (nSPS) is 18.8. The number of nitrogens with one attached hydrogen (secondary N) is 2. The lowest BCUT2D eigenvalue weighted by atomic mass is 10.0. The van der Waals surface area contributed by atoms with Crippen LogP contribution in [0.5, 0.6) is 12.0 Å². The van der Waals surface area contributed by atoms with Gasteiger partial charge in [0.25, 0.3) is 0 Å². The summed E-state index contributed by atoms with van der Waals surface area (Å²) in [4.78, 5) is 48.5. The fourth-order valence-corrected chi connectivity index (χ4v) is 12.1. The fraction of sp³-hybridized carbons (Fsp3) is 0.554. The number of likely N-dealkylation sites (tertiary alicyclic amines) is 2. The van der Waals surface area contributed by atoms with Crippen molar-refractivity contribution in [2.45, 2.75) is 97.6 Å². The summed E-state index contributed by atoms with van der Waals surface area (Å²) in [7, 11) is 0. The van der Waals surface area contributed by atoms with Crippen LogP contribution in [0.25, 0.3) is 21.8 Å². The monoisotopic (exact) mass is 1010 g/mol.